The Balaban J connectivity index is 2.12. The summed E-state index contributed by atoms with van der Waals surface area (Å²) in [6.07, 6.45) is -3.53. The fraction of sp³-hybridized carbons (Fsp3) is 0.333. The molecule has 0 fully saturated rings. The second-order valence-corrected chi connectivity index (χ2v) is 7.45. The van der Waals surface area contributed by atoms with Crippen molar-refractivity contribution in [2.75, 3.05) is 6.26 Å². The van der Waals surface area contributed by atoms with E-state index in [0.717, 1.165) is 18.4 Å². The lowest BCUT2D eigenvalue weighted by atomic mass is 10.2. The largest absolute Gasteiger partial charge is 0.416 e. The highest BCUT2D eigenvalue weighted by Gasteiger charge is 2.30. The van der Waals surface area contributed by atoms with Gasteiger partial charge in [0, 0.05) is 12.8 Å². The van der Waals surface area contributed by atoms with E-state index in [4.69, 9.17) is 0 Å². The van der Waals surface area contributed by atoms with Gasteiger partial charge in [-0.1, -0.05) is 0 Å². The van der Waals surface area contributed by atoms with Crippen molar-refractivity contribution in [3.8, 4) is 0 Å². The number of benzene rings is 1. The Morgan fingerprint density at radius 3 is 2.64 bits per heavy atom. The van der Waals surface area contributed by atoms with E-state index in [2.05, 4.69) is 4.98 Å². The number of hydrogen-bond acceptors (Lipinski definition) is 5. The lowest BCUT2D eigenvalue weighted by Crippen LogP contribution is -2.29. The molecular formula is C12H11F3N2O3S2. The summed E-state index contributed by atoms with van der Waals surface area (Å²) in [5.74, 6) is -0.683. The Labute approximate surface area is 128 Å². The molecule has 0 saturated carbocycles. The SMILES string of the molecule is CS(=O)(=O)NC(=O)CCc1nc2cc(C(F)(F)F)ccc2s1. The number of aryl methyl sites for hydroxylation is 1. The van der Waals surface area contributed by atoms with Crippen molar-refractivity contribution >= 4 is 37.5 Å². The minimum absolute atomic E-state index is 0.112. The van der Waals surface area contributed by atoms with Crippen LogP contribution in [-0.4, -0.2) is 25.6 Å². The third-order valence-corrected chi connectivity index (χ3v) is 4.32. The topological polar surface area (TPSA) is 76.1 Å². The first-order valence-corrected chi connectivity index (χ1v) is 8.73. The summed E-state index contributed by atoms with van der Waals surface area (Å²) in [6, 6.07) is 3.25. The highest BCUT2D eigenvalue weighted by atomic mass is 32.2. The average molecular weight is 352 g/mol. The normalized spacial score (nSPS) is 12.5. The molecule has 1 heterocycles. The van der Waals surface area contributed by atoms with Gasteiger partial charge in [0.1, 0.15) is 0 Å². The van der Waals surface area contributed by atoms with E-state index in [9.17, 15) is 26.4 Å². The fourth-order valence-electron chi connectivity index (χ4n) is 1.74. The molecule has 0 spiro atoms. The summed E-state index contributed by atoms with van der Waals surface area (Å²) < 4.78 is 61.9. The number of nitrogens with zero attached hydrogens (tertiary/aromatic N) is 1. The van der Waals surface area contributed by atoms with E-state index in [1.54, 1.807) is 0 Å². The first-order valence-electron chi connectivity index (χ1n) is 6.02. The molecule has 0 aliphatic heterocycles. The summed E-state index contributed by atoms with van der Waals surface area (Å²) in [6.45, 7) is 0. The third-order valence-electron chi connectivity index (χ3n) is 2.62. The van der Waals surface area contributed by atoms with Crippen LogP contribution in [0.5, 0.6) is 0 Å². The summed E-state index contributed by atoms with van der Waals surface area (Å²) in [5, 5.41) is 0.470. The van der Waals surface area contributed by atoms with Gasteiger partial charge < -0.3 is 0 Å². The molecule has 2 aromatic rings. The molecule has 0 aliphatic rings. The standard InChI is InChI=1S/C12H11F3N2O3S2/c1-22(19,20)17-10(18)4-5-11-16-8-6-7(12(13,14)15)2-3-9(8)21-11/h2-3,6H,4-5H2,1H3,(H,17,18). The molecule has 1 aromatic carbocycles. The smallest absolute Gasteiger partial charge is 0.274 e. The van der Waals surface area contributed by atoms with E-state index in [-0.39, 0.29) is 18.4 Å². The zero-order valence-corrected chi connectivity index (χ0v) is 12.9. The number of aromatic nitrogens is 1. The van der Waals surface area contributed by atoms with Crippen LogP contribution in [0, 0.1) is 0 Å². The second kappa shape index (κ2) is 5.84. The minimum atomic E-state index is -4.44. The monoisotopic (exact) mass is 352 g/mol. The van der Waals surface area contributed by atoms with Crippen LogP contribution in [0.1, 0.15) is 17.0 Å². The van der Waals surface area contributed by atoms with E-state index < -0.39 is 27.7 Å². The Kier molecular flexibility index (Phi) is 4.43. The van der Waals surface area contributed by atoms with Gasteiger partial charge in [0.05, 0.1) is 27.0 Å². The van der Waals surface area contributed by atoms with Gasteiger partial charge in [0.25, 0.3) is 0 Å². The molecule has 10 heteroatoms. The molecule has 0 atom stereocenters. The Hall–Kier alpha value is -1.68. The zero-order chi connectivity index (χ0) is 16.5. The van der Waals surface area contributed by atoms with Crippen molar-refractivity contribution in [3.63, 3.8) is 0 Å². The average Bonchev–Trinajstić information content (AvgIpc) is 2.74. The van der Waals surface area contributed by atoms with Crippen LogP contribution < -0.4 is 4.72 Å². The summed E-state index contributed by atoms with van der Waals surface area (Å²) in [5.41, 5.74) is -0.579. The Morgan fingerprint density at radius 2 is 2.05 bits per heavy atom. The summed E-state index contributed by atoms with van der Waals surface area (Å²) in [4.78, 5) is 15.4. The molecule has 1 N–H and O–H groups in total. The molecular weight excluding hydrogens is 341 g/mol. The lowest BCUT2D eigenvalue weighted by molar-refractivity contribution is -0.137. The molecule has 5 nitrogen and oxygen atoms in total. The first kappa shape index (κ1) is 16.7. The minimum Gasteiger partial charge on any atom is -0.274 e. The molecule has 1 aromatic heterocycles. The van der Waals surface area contributed by atoms with Crippen LogP contribution in [0.25, 0.3) is 10.2 Å². The number of nitrogens with one attached hydrogen (secondary N) is 1. The molecule has 0 bridgehead atoms. The number of rotatable bonds is 4. The predicted octanol–water partition coefficient (Wildman–Crippen LogP) is 2.32. The second-order valence-electron chi connectivity index (χ2n) is 4.59. The maximum absolute atomic E-state index is 12.6. The number of sulfonamides is 1. The first-order chi connectivity index (χ1) is 10.0. The predicted molar refractivity (Wildman–Crippen MR) is 75.9 cm³/mol. The summed E-state index contributed by atoms with van der Waals surface area (Å²) in [7, 11) is -3.62. The molecule has 0 aliphatic carbocycles. The molecule has 2 rings (SSSR count). The molecule has 0 saturated heterocycles. The van der Waals surface area contributed by atoms with Crippen molar-refractivity contribution in [2.45, 2.75) is 19.0 Å². The van der Waals surface area contributed by atoms with Crippen molar-refractivity contribution in [1.29, 1.82) is 0 Å². The number of fused-ring (bicyclic) bond motifs is 1. The van der Waals surface area contributed by atoms with Crippen LogP contribution in [0.4, 0.5) is 13.2 Å². The van der Waals surface area contributed by atoms with Gasteiger partial charge in [0.15, 0.2) is 0 Å². The van der Waals surface area contributed by atoms with Gasteiger partial charge in [-0.2, -0.15) is 13.2 Å². The van der Waals surface area contributed by atoms with Crippen molar-refractivity contribution < 1.29 is 26.4 Å². The highest BCUT2D eigenvalue weighted by Crippen LogP contribution is 2.33. The van der Waals surface area contributed by atoms with E-state index in [1.165, 1.54) is 17.4 Å². The highest BCUT2D eigenvalue weighted by molar-refractivity contribution is 7.89. The molecule has 1 amide bonds. The van der Waals surface area contributed by atoms with E-state index >= 15 is 0 Å². The van der Waals surface area contributed by atoms with Gasteiger partial charge in [-0.25, -0.2) is 13.4 Å². The number of thiazole rings is 1. The fourth-order valence-corrected chi connectivity index (χ4v) is 3.20. The molecule has 0 radical (unpaired) electrons. The van der Waals surface area contributed by atoms with Gasteiger partial charge >= 0.3 is 6.18 Å². The number of hydrogen-bond donors (Lipinski definition) is 1. The van der Waals surface area contributed by atoms with Crippen molar-refractivity contribution in [3.05, 3.63) is 28.8 Å². The van der Waals surface area contributed by atoms with Gasteiger partial charge in [-0.15, -0.1) is 11.3 Å². The molecule has 22 heavy (non-hydrogen) atoms. The van der Waals surface area contributed by atoms with Gasteiger partial charge in [0.2, 0.25) is 15.9 Å². The maximum Gasteiger partial charge on any atom is 0.416 e. The van der Waals surface area contributed by atoms with Crippen LogP contribution >= 0.6 is 11.3 Å². The quantitative estimate of drug-likeness (QED) is 0.916. The third kappa shape index (κ3) is 4.41. The number of alkyl halides is 3. The van der Waals surface area contributed by atoms with E-state index in [0.29, 0.717) is 9.71 Å². The number of carbonyl (C=O) groups excluding carboxylic acids is 1. The lowest BCUT2D eigenvalue weighted by Gasteiger charge is -2.04. The van der Waals surface area contributed by atoms with Crippen LogP contribution in [0.3, 0.4) is 0 Å². The van der Waals surface area contributed by atoms with E-state index in [1.807, 2.05) is 4.72 Å². The summed E-state index contributed by atoms with van der Waals surface area (Å²) >= 11 is 1.17. The molecule has 0 unspecified atom stereocenters. The number of halogens is 3. The zero-order valence-electron chi connectivity index (χ0n) is 11.3. The number of carbonyl (C=O) groups is 1. The molecule has 120 valence electrons. The van der Waals surface area contributed by atoms with Crippen LogP contribution in [0.2, 0.25) is 0 Å². The Bertz CT molecular complexity index is 813. The van der Waals surface area contributed by atoms with Crippen LogP contribution in [-0.2, 0) is 27.4 Å². The maximum atomic E-state index is 12.6. The van der Waals surface area contributed by atoms with Gasteiger partial charge in [-0.05, 0) is 18.2 Å². The Morgan fingerprint density at radius 1 is 1.36 bits per heavy atom. The number of amides is 1. The van der Waals surface area contributed by atoms with Crippen LogP contribution in [0.15, 0.2) is 18.2 Å². The van der Waals surface area contributed by atoms with Gasteiger partial charge in [-0.3, -0.25) is 9.52 Å². The van der Waals surface area contributed by atoms with Crippen molar-refractivity contribution in [2.24, 2.45) is 0 Å². The van der Waals surface area contributed by atoms with Crippen molar-refractivity contribution in [1.82, 2.24) is 9.71 Å².